The van der Waals surface area contributed by atoms with Gasteiger partial charge in [0.15, 0.2) is 0 Å². The molecule has 144 valence electrons. The first-order chi connectivity index (χ1) is 12.7. The van der Waals surface area contributed by atoms with Crippen molar-refractivity contribution in [3.8, 4) is 0 Å². The predicted octanol–water partition coefficient (Wildman–Crippen LogP) is 0.181. The van der Waals surface area contributed by atoms with Crippen molar-refractivity contribution in [2.75, 3.05) is 6.26 Å². The summed E-state index contributed by atoms with van der Waals surface area (Å²) in [5, 5.41) is 11.3. The summed E-state index contributed by atoms with van der Waals surface area (Å²) in [4.78, 5) is 38.0. The number of benzene rings is 1. The third-order valence-corrected chi connectivity index (χ3v) is 6.68. The molecule has 0 spiro atoms. The van der Waals surface area contributed by atoms with Gasteiger partial charge in [-0.2, -0.15) is 0 Å². The minimum absolute atomic E-state index is 0.0609. The van der Waals surface area contributed by atoms with E-state index in [0.29, 0.717) is 10.5 Å². The number of fused-ring (bicyclic) bond motifs is 1. The summed E-state index contributed by atoms with van der Waals surface area (Å²) in [5.41, 5.74) is 6.45. The second-order valence-corrected chi connectivity index (χ2v) is 9.16. The van der Waals surface area contributed by atoms with E-state index in [9.17, 15) is 23.7 Å². The van der Waals surface area contributed by atoms with Gasteiger partial charge in [0.25, 0.3) is 5.91 Å². The summed E-state index contributed by atoms with van der Waals surface area (Å²) in [5.74, 6) is -2.17. The molecule has 27 heavy (non-hydrogen) atoms. The van der Waals surface area contributed by atoms with Gasteiger partial charge in [-0.3, -0.25) is 18.7 Å². The average molecular weight is 409 g/mol. The van der Waals surface area contributed by atoms with Crippen LogP contribution < -0.4 is 11.1 Å². The van der Waals surface area contributed by atoms with Crippen LogP contribution in [0.1, 0.15) is 18.5 Å². The van der Waals surface area contributed by atoms with Crippen LogP contribution >= 0.6 is 11.8 Å². The standard InChI is InChI=1S/C17H19N3O5S2/c1-8-7-11(17(23)24)20-15(22)13(16(20)26-8)19-14(21)12(18)9-3-5-10(6-4-9)27(2)25/h3-8,12-13,16H,18H2,1-2H3,(H,19,21)(H,23,24)/t8?,12?,13?,16-,27?/m0/s1. The summed E-state index contributed by atoms with van der Waals surface area (Å²) < 4.78 is 11.4. The number of nitrogens with one attached hydrogen (secondary N) is 1. The first-order valence-corrected chi connectivity index (χ1v) is 10.6. The van der Waals surface area contributed by atoms with Crippen LogP contribution in [0, 0.1) is 0 Å². The third kappa shape index (κ3) is 3.64. The normalized spacial score (nSPS) is 26.3. The van der Waals surface area contributed by atoms with E-state index in [1.807, 2.05) is 6.92 Å². The van der Waals surface area contributed by atoms with Gasteiger partial charge in [0.2, 0.25) is 5.91 Å². The van der Waals surface area contributed by atoms with Crippen molar-refractivity contribution in [2.24, 2.45) is 5.73 Å². The summed E-state index contributed by atoms with van der Waals surface area (Å²) >= 11 is 1.40. The first kappa shape index (κ1) is 19.6. The van der Waals surface area contributed by atoms with Gasteiger partial charge in [0.1, 0.15) is 23.2 Å². The number of carboxylic acids is 1. The van der Waals surface area contributed by atoms with Crippen molar-refractivity contribution in [1.29, 1.82) is 0 Å². The van der Waals surface area contributed by atoms with E-state index >= 15 is 0 Å². The Hall–Kier alpha value is -2.17. The fourth-order valence-electron chi connectivity index (χ4n) is 2.99. The molecule has 0 saturated carbocycles. The van der Waals surface area contributed by atoms with Crippen LogP contribution in [0.3, 0.4) is 0 Å². The van der Waals surface area contributed by atoms with E-state index in [1.54, 1.807) is 30.5 Å². The second kappa shape index (κ2) is 7.45. The maximum absolute atomic E-state index is 12.5. The quantitative estimate of drug-likeness (QED) is 0.592. The molecule has 1 saturated heterocycles. The van der Waals surface area contributed by atoms with E-state index < -0.39 is 46.0 Å². The van der Waals surface area contributed by atoms with E-state index in [4.69, 9.17) is 5.73 Å². The number of rotatable bonds is 5. The zero-order valence-corrected chi connectivity index (χ0v) is 16.3. The Balaban J connectivity index is 1.70. The molecule has 4 unspecified atom stereocenters. The predicted molar refractivity (Wildman–Crippen MR) is 101 cm³/mol. The first-order valence-electron chi connectivity index (χ1n) is 8.13. The largest absolute Gasteiger partial charge is 0.477 e. The second-order valence-electron chi connectivity index (χ2n) is 6.28. The molecule has 3 rings (SSSR count). The minimum atomic E-state index is -1.17. The van der Waals surface area contributed by atoms with Crippen molar-refractivity contribution < 1.29 is 23.7 Å². The summed E-state index contributed by atoms with van der Waals surface area (Å²) in [6.45, 7) is 1.83. The number of aliphatic carboxylic acids is 1. The fraction of sp³-hybridized carbons (Fsp3) is 0.353. The molecule has 5 atom stereocenters. The Bertz CT molecular complexity index is 855. The van der Waals surface area contributed by atoms with Crippen molar-refractivity contribution in [3.05, 3.63) is 41.6 Å². The highest BCUT2D eigenvalue weighted by atomic mass is 32.2. The Morgan fingerprint density at radius 3 is 2.52 bits per heavy atom. The molecule has 1 aromatic carbocycles. The maximum Gasteiger partial charge on any atom is 0.352 e. The monoisotopic (exact) mass is 409 g/mol. The van der Waals surface area contributed by atoms with Gasteiger partial charge in [-0.25, -0.2) is 4.79 Å². The van der Waals surface area contributed by atoms with E-state index in [2.05, 4.69) is 5.32 Å². The van der Waals surface area contributed by atoms with Gasteiger partial charge in [0, 0.05) is 27.2 Å². The maximum atomic E-state index is 12.5. The number of hydrogen-bond donors (Lipinski definition) is 3. The number of carbonyl (C=O) groups excluding carboxylic acids is 2. The molecule has 2 heterocycles. The van der Waals surface area contributed by atoms with E-state index in [-0.39, 0.29) is 10.9 Å². The molecule has 10 heteroatoms. The number of carboxylic acid groups (broad SMARTS) is 1. The number of thioether (sulfide) groups is 1. The van der Waals surface area contributed by atoms with Crippen LogP contribution in [0.5, 0.6) is 0 Å². The molecule has 0 radical (unpaired) electrons. The lowest BCUT2D eigenvalue weighted by molar-refractivity contribution is -0.150. The third-order valence-electron chi connectivity index (χ3n) is 4.42. The fourth-order valence-corrected chi connectivity index (χ4v) is 4.84. The van der Waals surface area contributed by atoms with Crippen LogP contribution in [0.25, 0.3) is 0 Å². The van der Waals surface area contributed by atoms with E-state index in [0.717, 1.165) is 0 Å². The number of hydrogen-bond acceptors (Lipinski definition) is 6. The lowest BCUT2D eigenvalue weighted by Gasteiger charge is -2.49. The average Bonchev–Trinajstić information content (AvgIpc) is 2.64. The summed E-state index contributed by atoms with van der Waals surface area (Å²) in [7, 11) is -1.13. The minimum Gasteiger partial charge on any atom is -0.477 e. The van der Waals surface area contributed by atoms with Crippen molar-refractivity contribution in [1.82, 2.24) is 10.2 Å². The number of amides is 2. The number of nitrogens with two attached hydrogens (primary N) is 1. The highest BCUT2D eigenvalue weighted by molar-refractivity contribution is 8.00. The molecule has 2 amide bonds. The molecule has 1 fully saturated rings. The molecule has 1 aromatic rings. The van der Waals surface area contributed by atoms with Crippen LogP contribution in [0.15, 0.2) is 40.9 Å². The van der Waals surface area contributed by atoms with Gasteiger partial charge in [-0.1, -0.05) is 12.1 Å². The number of nitrogens with zero attached hydrogens (tertiary/aromatic N) is 1. The zero-order valence-electron chi connectivity index (χ0n) is 14.6. The lowest BCUT2D eigenvalue weighted by Crippen LogP contribution is -2.71. The van der Waals surface area contributed by atoms with Gasteiger partial charge in [-0.05, 0) is 30.7 Å². The molecule has 8 nitrogen and oxygen atoms in total. The van der Waals surface area contributed by atoms with Crippen molar-refractivity contribution in [3.63, 3.8) is 0 Å². The van der Waals surface area contributed by atoms with Crippen LogP contribution in [-0.4, -0.2) is 54.9 Å². The van der Waals surface area contributed by atoms with Crippen LogP contribution in [-0.2, 0) is 25.2 Å². The van der Waals surface area contributed by atoms with Crippen molar-refractivity contribution in [2.45, 2.75) is 34.5 Å². The van der Waals surface area contributed by atoms with Gasteiger partial charge >= 0.3 is 5.97 Å². The van der Waals surface area contributed by atoms with Crippen LogP contribution in [0.4, 0.5) is 0 Å². The highest BCUT2D eigenvalue weighted by Crippen LogP contribution is 2.40. The molecule has 0 aromatic heterocycles. The topological polar surface area (TPSA) is 130 Å². The SMILES string of the molecule is CC1C=C(C(=O)O)N2C(=O)C(NC(=O)C(N)c3ccc(S(C)=O)cc3)[C@@H]2S1. The van der Waals surface area contributed by atoms with Gasteiger partial charge in [0.05, 0.1) is 0 Å². The zero-order chi connectivity index (χ0) is 19.9. The van der Waals surface area contributed by atoms with Crippen LogP contribution in [0.2, 0.25) is 0 Å². The van der Waals surface area contributed by atoms with Gasteiger partial charge in [-0.15, -0.1) is 11.8 Å². The molecule has 0 aliphatic carbocycles. The summed E-state index contributed by atoms with van der Waals surface area (Å²) in [6.07, 6.45) is 3.07. The molecular formula is C17H19N3O5S2. The van der Waals surface area contributed by atoms with Gasteiger partial charge < -0.3 is 16.2 Å². The Morgan fingerprint density at radius 1 is 1.33 bits per heavy atom. The lowest BCUT2D eigenvalue weighted by atomic mass is 10.0. The Morgan fingerprint density at radius 2 is 1.96 bits per heavy atom. The summed E-state index contributed by atoms with van der Waals surface area (Å²) in [6, 6.07) is 4.71. The Kier molecular flexibility index (Phi) is 5.41. The Labute approximate surface area is 162 Å². The number of carbonyl (C=O) groups is 3. The van der Waals surface area contributed by atoms with E-state index in [1.165, 1.54) is 22.7 Å². The molecule has 4 N–H and O–H groups in total. The molecular weight excluding hydrogens is 390 g/mol. The highest BCUT2D eigenvalue weighted by Gasteiger charge is 2.54. The smallest absolute Gasteiger partial charge is 0.352 e. The molecule has 2 aliphatic rings. The van der Waals surface area contributed by atoms with Crippen molar-refractivity contribution >= 4 is 40.3 Å². The molecule has 2 aliphatic heterocycles. The molecule has 0 bridgehead atoms. The number of β-lactam (4-membered cyclic amide) rings is 1.